The summed E-state index contributed by atoms with van der Waals surface area (Å²) in [5, 5.41) is 3.78. The summed E-state index contributed by atoms with van der Waals surface area (Å²) in [5.74, 6) is 0.324. The van der Waals surface area contributed by atoms with Crippen LogP contribution in [0.3, 0.4) is 0 Å². The molecule has 0 aromatic heterocycles. The van der Waals surface area contributed by atoms with Crippen molar-refractivity contribution in [2.24, 2.45) is 5.10 Å². The van der Waals surface area contributed by atoms with E-state index in [0.717, 1.165) is 11.1 Å². The summed E-state index contributed by atoms with van der Waals surface area (Å²) < 4.78 is 15.0. The molecule has 2 aromatic rings. The average molecular weight is 356 g/mol. The van der Waals surface area contributed by atoms with E-state index in [1.807, 2.05) is 24.3 Å². The summed E-state index contributed by atoms with van der Waals surface area (Å²) in [6.07, 6.45) is 0.911. The van der Waals surface area contributed by atoms with Crippen molar-refractivity contribution in [2.75, 3.05) is 13.7 Å². The number of hydrazone groups is 1. The molecule has 0 saturated heterocycles. The summed E-state index contributed by atoms with van der Waals surface area (Å²) >= 11 is 0. The Bertz CT molecular complexity index is 755. The molecule has 1 amide bonds. The van der Waals surface area contributed by atoms with E-state index in [0.29, 0.717) is 24.5 Å². The van der Waals surface area contributed by atoms with E-state index < -0.39 is 6.09 Å². The van der Waals surface area contributed by atoms with E-state index >= 15 is 0 Å². The normalized spacial score (nSPS) is 10.4. The van der Waals surface area contributed by atoms with Crippen LogP contribution < -0.4 is 10.2 Å². The van der Waals surface area contributed by atoms with Gasteiger partial charge in [0.25, 0.3) is 0 Å². The molecule has 7 heteroatoms. The van der Waals surface area contributed by atoms with Crippen molar-refractivity contribution >= 4 is 18.3 Å². The smallest absolute Gasteiger partial charge is 0.427 e. The lowest BCUT2D eigenvalue weighted by atomic mass is 10.1. The molecule has 7 nitrogen and oxygen atoms in total. The molecule has 136 valence electrons. The van der Waals surface area contributed by atoms with Gasteiger partial charge >= 0.3 is 12.1 Å². The number of amides is 1. The first-order valence-corrected chi connectivity index (χ1v) is 7.98. The number of nitrogens with one attached hydrogen (secondary N) is 1. The first-order chi connectivity index (χ1) is 12.6. The number of carbonyl (C=O) groups excluding carboxylic acids is 2. The Morgan fingerprint density at radius 2 is 1.77 bits per heavy atom. The van der Waals surface area contributed by atoms with Gasteiger partial charge in [0.05, 0.1) is 25.5 Å². The third-order valence-electron chi connectivity index (χ3n) is 3.31. The molecule has 0 aliphatic heterocycles. The third-order valence-corrected chi connectivity index (χ3v) is 3.31. The quantitative estimate of drug-likeness (QED) is 0.468. The van der Waals surface area contributed by atoms with Gasteiger partial charge in [0.1, 0.15) is 12.4 Å². The number of ether oxygens (including phenoxy) is 3. The molecule has 0 heterocycles. The van der Waals surface area contributed by atoms with Crippen LogP contribution in [0.5, 0.6) is 5.75 Å². The van der Waals surface area contributed by atoms with E-state index in [-0.39, 0.29) is 5.97 Å². The maximum atomic E-state index is 11.4. The van der Waals surface area contributed by atoms with Crippen molar-refractivity contribution in [3.05, 3.63) is 65.2 Å². The Morgan fingerprint density at radius 1 is 1.08 bits per heavy atom. The minimum absolute atomic E-state index is 0.290. The number of hydrogen-bond donors (Lipinski definition) is 1. The van der Waals surface area contributed by atoms with Gasteiger partial charge in [-0.1, -0.05) is 12.1 Å². The maximum absolute atomic E-state index is 11.4. The van der Waals surface area contributed by atoms with Gasteiger partial charge < -0.3 is 14.2 Å². The Morgan fingerprint density at radius 3 is 2.38 bits per heavy atom. The Hall–Kier alpha value is -3.35. The molecule has 0 unspecified atom stereocenters. The summed E-state index contributed by atoms with van der Waals surface area (Å²) in [7, 11) is 1.35. The fourth-order valence-electron chi connectivity index (χ4n) is 1.99. The average Bonchev–Trinajstić information content (AvgIpc) is 2.67. The van der Waals surface area contributed by atoms with Gasteiger partial charge in [0, 0.05) is 0 Å². The standard InChI is InChI=1S/C19H20N2O5/c1-3-25-19(23)21-20-12-14-6-10-17(11-7-14)26-13-15-4-8-16(9-5-15)18(22)24-2/h4-12H,3,13H2,1-2H3,(H,21,23)/b20-12-. The molecule has 26 heavy (non-hydrogen) atoms. The van der Waals surface area contributed by atoms with Crippen LogP contribution >= 0.6 is 0 Å². The lowest BCUT2D eigenvalue weighted by molar-refractivity contribution is 0.0600. The summed E-state index contributed by atoms with van der Waals surface area (Å²) in [6.45, 7) is 2.38. The van der Waals surface area contributed by atoms with Crippen LogP contribution in [0.25, 0.3) is 0 Å². The third kappa shape index (κ3) is 5.94. The van der Waals surface area contributed by atoms with Crippen LogP contribution in [0.15, 0.2) is 53.6 Å². The summed E-state index contributed by atoms with van der Waals surface area (Å²) in [5.41, 5.74) is 4.49. The molecule has 0 fully saturated rings. The highest BCUT2D eigenvalue weighted by Crippen LogP contribution is 2.14. The molecule has 0 spiro atoms. The van der Waals surface area contributed by atoms with Crippen molar-refractivity contribution in [1.82, 2.24) is 5.43 Å². The van der Waals surface area contributed by atoms with Crippen LogP contribution in [0.1, 0.15) is 28.4 Å². The fourth-order valence-corrected chi connectivity index (χ4v) is 1.99. The highest BCUT2D eigenvalue weighted by Gasteiger charge is 2.04. The second-order valence-electron chi connectivity index (χ2n) is 5.14. The van der Waals surface area contributed by atoms with Gasteiger partial charge in [-0.25, -0.2) is 15.0 Å². The Kier molecular flexibility index (Phi) is 7.17. The van der Waals surface area contributed by atoms with Crippen LogP contribution in [-0.4, -0.2) is 32.0 Å². The monoisotopic (exact) mass is 356 g/mol. The lowest BCUT2D eigenvalue weighted by Crippen LogP contribution is -2.18. The van der Waals surface area contributed by atoms with Crippen LogP contribution in [-0.2, 0) is 16.1 Å². The number of methoxy groups -OCH3 is 1. The second-order valence-corrected chi connectivity index (χ2v) is 5.14. The first-order valence-electron chi connectivity index (χ1n) is 7.98. The van der Waals surface area contributed by atoms with E-state index in [4.69, 9.17) is 9.47 Å². The molecule has 0 atom stereocenters. The Balaban J connectivity index is 1.84. The van der Waals surface area contributed by atoms with Crippen molar-refractivity contribution in [3.8, 4) is 5.75 Å². The number of esters is 1. The Labute approximate surface area is 151 Å². The van der Waals surface area contributed by atoms with Gasteiger partial charge in [0.15, 0.2) is 0 Å². The molecule has 0 bridgehead atoms. The zero-order valence-electron chi connectivity index (χ0n) is 14.6. The SMILES string of the molecule is CCOC(=O)N/N=C\c1ccc(OCc2ccc(C(=O)OC)cc2)cc1. The summed E-state index contributed by atoms with van der Waals surface area (Å²) in [6, 6.07) is 14.2. The van der Waals surface area contributed by atoms with Gasteiger partial charge in [0.2, 0.25) is 0 Å². The molecule has 0 aliphatic carbocycles. The predicted octanol–water partition coefficient (Wildman–Crippen LogP) is 3.13. The van der Waals surface area contributed by atoms with Gasteiger partial charge in [-0.15, -0.1) is 0 Å². The van der Waals surface area contributed by atoms with Crippen molar-refractivity contribution in [2.45, 2.75) is 13.5 Å². The number of hydrogen-bond acceptors (Lipinski definition) is 6. The lowest BCUT2D eigenvalue weighted by Gasteiger charge is -2.07. The molecular weight excluding hydrogens is 336 g/mol. The zero-order chi connectivity index (χ0) is 18.8. The van der Waals surface area contributed by atoms with Gasteiger partial charge in [-0.05, 0) is 54.4 Å². The van der Waals surface area contributed by atoms with Crippen LogP contribution in [0.2, 0.25) is 0 Å². The summed E-state index contributed by atoms with van der Waals surface area (Å²) in [4.78, 5) is 22.5. The topological polar surface area (TPSA) is 86.2 Å². The largest absolute Gasteiger partial charge is 0.489 e. The predicted molar refractivity (Wildman–Crippen MR) is 96.3 cm³/mol. The van der Waals surface area contributed by atoms with Crippen LogP contribution in [0, 0.1) is 0 Å². The molecule has 0 radical (unpaired) electrons. The fraction of sp³-hybridized carbons (Fsp3) is 0.211. The van der Waals surface area contributed by atoms with Gasteiger partial charge in [-0.2, -0.15) is 5.10 Å². The minimum Gasteiger partial charge on any atom is -0.489 e. The molecule has 0 aliphatic rings. The molecule has 0 saturated carbocycles. The number of carbonyl (C=O) groups is 2. The van der Waals surface area contributed by atoms with Crippen molar-refractivity contribution in [1.29, 1.82) is 0 Å². The number of rotatable bonds is 7. The van der Waals surface area contributed by atoms with Crippen molar-refractivity contribution in [3.63, 3.8) is 0 Å². The highest BCUT2D eigenvalue weighted by molar-refractivity contribution is 5.89. The molecule has 1 N–H and O–H groups in total. The number of nitrogens with zero attached hydrogens (tertiary/aromatic N) is 1. The first kappa shape index (κ1) is 19.0. The molecular formula is C19H20N2O5. The van der Waals surface area contributed by atoms with Crippen molar-refractivity contribution < 1.29 is 23.8 Å². The second kappa shape index (κ2) is 9.83. The van der Waals surface area contributed by atoms with E-state index in [9.17, 15) is 9.59 Å². The van der Waals surface area contributed by atoms with E-state index in [2.05, 4.69) is 15.3 Å². The van der Waals surface area contributed by atoms with E-state index in [1.165, 1.54) is 13.3 Å². The minimum atomic E-state index is -0.595. The van der Waals surface area contributed by atoms with Gasteiger partial charge in [-0.3, -0.25) is 0 Å². The van der Waals surface area contributed by atoms with Crippen LogP contribution in [0.4, 0.5) is 4.79 Å². The molecule has 2 aromatic carbocycles. The molecule has 2 rings (SSSR count). The number of benzene rings is 2. The highest BCUT2D eigenvalue weighted by atomic mass is 16.5. The zero-order valence-corrected chi connectivity index (χ0v) is 14.6. The van der Waals surface area contributed by atoms with E-state index in [1.54, 1.807) is 31.2 Å². The maximum Gasteiger partial charge on any atom is 0.427 e.